The first kappa shape index (κ1) is 14.0. The van der Waals surface area contributed by atoms with Crippen LogP contribution < -0.4 is 10.9 Å². The van der Waals surface area contributed by atoms with Gasteiger partial charge in [-0.05, 0) is 19.4 Å². The molecule has 0 spiro atoms. The van der Waals surface area contributed by atoms with Crippen LogP contribution in [0.3, 0.4) is 0 Å². The Morgan fingerprint density at radius 3 is 2.78 bits per heavy atom. The number of amides is 1. The minimum atomic E-state index is -0.282. The highest BCUT2D eigenvalue weighted by Gasteiger charge is 2.05. The zero-order chi connectivity index (χ0) is 13.4. The van der Waals surface area contributed by atoms with Crippen LogP contribution >= 0.6 is 0 Å². The van der Waals surface area contributed by atoms with Gasteiger partial charge in [0.2, 0.25) is 5.56 Å². The highest BCUT2D eigenvalue weighted by molar-refractivity contribution is 5.93. The molecule has 0 aromatic carbocycles. The third-order valence-corrected chi connectivity index (χ3v) is 2.19. The Hall–Kier alpha value is -2.11. The summed E-state index contributed by atoms with van der Waals surface area (Å²) in [4.78, 5) is 35.8. The highest BCUT2D eigenvalue weighted by atomic mass is 16.5. The lowest BCUT2D eigenvalue weighted by Crippen LogP contribution is -2.25. The van der Waals surface area contributed by atoms with Crippen molar-refractivity contribution < 1.29 is 14.3 Å². The lowest BCUT2D eigenvalue weighted by Gasteiger charge is -2.04. The van der Waals surface area contributed by atoms with Gasteiger partial charge in [-0.3, -0.25) is 14.4 Å². The minimum absolute atomic E-state index is 0.256. The second-order valence-corrected chi connectivity index (χ2v) is 3.61. The molecule has 0 saturated carbocycles. The first-order valence-corrected chi connectivity index (χ1v) is 5.76. The molecule has 0 aliphatic heterocycles. The molecule has 0 aliphatic carbocycles. The van der Waals surface area contributed by atoms with Crippen molar-refractivity contribution in [1.29, 1.82) is 0 Å². The van der Waals surface area contributed by atoms with Crippen molar-refractivity contribution in [1.82, 2.24) is 10.3 Å². The Bertz CT molecular complexity index is 447. The van der Waals surface area contributed by atoms with E-state index < -0.39 is 0 Å². The molecule has 98 valence electrons. The van der Waals surface area contributed by atoms with Gasteiger partial charge in [0.15, 0.2) is 0 Å². The molecule has 1 aromatic heterocycles. The average Bonchev–Trinajstić information content (AvgIpc) is 2.35. The van der Waals surface area contributed by atoms with E-state index in [2.05, 4.69) is 10.3 Å². The summed E-state index contributed by atoms with van der Waals surface area (Å²) in [7, 11) is 0. The molecule has 0 bridgehead atoms. The van der Waals surface area contributed by atoms with Crippen LogP contribution in [-0.4, -0.2) is 30.0 Å². The van der Waals surface area contributed by atoms with Crippen molar-refractivity contribution in [3.63, 3.8) is 0 Å². The van der Waals surface area contributed by atoms with Crippen molar-refractivity contribution in [3.05, 3.63) is 34.2 Å². The Morgan fingerprint density at radius 1 is 1.39 bits per heavy atom. The number of carbonyl (C=O) groups excluding carboxylic acids is 2. The molecule has 1 rings (SSSR count). The van der Waals surface area contributed by atoms with Gasteiger partial charge in [0.1, 0.15) is 0 Å². The van der Waals surface area contributed by atoms with Gasteiger partial charge in [-0.2, -0.15) is 0 Å². The molecular formula is C12H16N2O4. The fraction of sp³-hybridized carbons (Fsp3) is 0.417. The second kappa shape index (κ2) is 7.26. The van der Waals surface area contributed by atoms with Crippen molar-refractivity contribution in [2.75, 3.05) is 13.2 Å². The van der Waals surface area contributed by atoms with Gasteiger partial charge < -0.3 is 15.0 Å². The zero-order valence-electron chi connectivity index (χ0n) is 10.2. The third kappa shape index (κ3) is 4.82. The van der Waals surface area contributed by atoms with Gasteiger partial charge >= 0.3 is 5.97 Å². The molecule has 1 aromatic rings. The summed E-state index contributed by atoms with van der Waals surface area (Å²) in [6.45, 7) is 2.50. The Balaban J connectivity index is 2.27. The van der Waals surface area contributed by atoms with Gasteiger partial charge in [-0.15, -0.1) is 0 Å². The number of H-pyrrole nitrogens is 1. The van der Waals surface area contributed by atoms with Crippen LogP contribution in [0, 0.1) is 0 Å². The smallest absolute Gasteiger partial charge is 0.305 e. The molecule has 6 heteroatoms. The van der Waals surface area contributed by atoms with Gasteiger partial charge in [0.25, 0.3) is 5.91 Å². The summed E-state index contributed by atoms with van der Waals surface area (Å²) >= 11 is 0. The van der Waals surface area contributed by atoms with E-state index in [1.54, 1.807) is 6.92 Å². The predicted molar refractivity (Wildman–Crippen MR) is 65.3 cm³/mol. The highest BCUT2D eigenvalue weighted by Crippen LogP contribution is 1.95. The average molecular weight is 252 g/mol. The van der Waals surface area contributed by atoms with Crippen molar-refractivity contribution >= 4 is 11.9 Å². The number of pyridine rings is 1. The molecule has 0 fully saturated rings. The number of aromatic amines is 1. The number of esters is 1. The van der Waals surface area contributed by atoms with E-state index in [4.69, 9.17) is 4.74 Å². The second-order valence-electron chi connectivity index (χ2n) is 3.61. The lowest BCUT2D eigenvalue weighted by atomic mass is 10.2. The molecular weight excluding hydrogens is 236 g/mol. The summed E-state index contributed by atoms with van der Waals surface area (Å²) < 4.78 is 4.76. The minimum Gasteiger partial charge on any atom is -0.466 e. The number of carbonyl (C=O) groups is 2. The number of aromatic nitrogens is 1. The largest absolute Gasteiger partial charge is 0.466 e. The summed E-state index contributed by atoms with van der Waals surface area (Å²) in [5.74, 6) is -0.550. The Kier molecular flexibility index (Phi) is 5.63. The first-order valence-electron chi connectivity index (χ1n) is 5.76. The predicted octanol–water partition coefficient (Wildman–Crippen LogP) is 0.448. The van der Waals surface area contributed by atoms with Crippen LogP contribution in [0.5, 0.6) is 0 Å². The van der Waals surface area contributed by atoms with Crippen molar-refractivity contribution in [2.45, 2.75) is 19.8 Å². The van der Waals surface area contributed by atoms with E-state index in [0.29, 0.717) is 25.1 Å². The topological polar surface area (TPSA) is 88.3 Å². The first-order chi connectivity index (χ1) is 8.63. The lowest BCUT2D eigenvalue weighted by molar-refractivity contribution is -0.143. The van der Waals surface area contributed by atoms with Gasteiger partial charge in [-0.25, -0.2) is 0 Å². The van der Waals surface area contributed by atoms with E-state index in [1.165, 1.54) is 18.3 Å². The number of nitrogens with one attached hydrogen (secondary N) is 2. The molecule has 6 nitrogen and oxygen atoms in total. The SMILES string of the molecule is CCOC(=O)CCCNC(=O)c1ccc(=O)[nH]c1. The fourth-order valence-corrected chi connectivity index (χ4v) is 1.32. The standard InChI is InChI=1S/C12H16N2O4/c1-2-18-11(16)4-3-7-13-12(17)9-5-6-10(15)14-8-9/h5-6,8H,2-4,7H2,1H3,(H,13,17)(H,14,15). The molecule has 1 heterocycles. The molecule has 1 amide bonds. The van der Waals surface area contributed by atoms with Gasteiger partial charge in [0.05, 0.1) is 12.2 Å². The number of rotatable bonds is 6. The van der Waals surface area contributed by atoms with Crippen molar-refractivity contribution in [3.8, 4) is 0 Å². The van der Waals surface area contributed by atoms with Crippen LogP contribution in [-0.2, 0) is 9.53 Å². The molecule has 18 heavy (non-hydrogen) atoms. The van der Waals surface area contributed by atoms with Crippen LogP contribution in [0.25, 0.3) is 0 Å². The third-order valence-electron chi connectivity index (χ3n) is 2.19. The fourth-order valence-electron chi connectivity index (χ4n) is 1.32. The number of hydrogen-bond donors (Lipinski definition) is 2. The van der Waals surface area contributed by atoms with E-state index in [9.17, 15) is 14.4 Å². The molecule has 0 unspecified atom stereocenters. The van der Waals surface area contributed by atoms with Crippen LogP contribution in [0.4, 0.5) is 0 Å². The monoisotopic (exact) mass is 252 g/mol. The Labute approximate surface area is 104 Å². The molecule has 0 aliphatic rings. The van der Waals surface area contributed by atoms with Crippen molar-refractivity contribution in [2.24, 2.45) is 0 Å². The number of hydrogen-bond acceptors (Lipinski definition) is 4. The van der Waals surface area contributed by atoms with Crippen LogP contribution in [0.15, 0.2) is 23.1 Å². The van der Waals surface area contributed by atoms with E-state index >= 15 is 0 Å². The van der Waals surface area contributed by atoms with E-state index in [1.807, 2.05) is 0 Å². The molecule has 0 atom stereocenters. The summed E-state index contributed by atoms with van der Waals surface area (Å²) in [5.41, 5.74) is 0.125. The van der Waals surface area contributed by atoms with Crippen LogP contribution in [0.2, 0.25) is 0 Å². The molecule has 2 N–H and O–H groups in total. The maximum Gasteiger partial charge on any atom is 0.305 e. The maximum atomic E-state index is 11.6. The summed E-state index contributed by atoms with van der Waals surface area (Å²) in [5, 5.41) is 2.65. The van der Waals surface area contributed by atoms with Gasteiger partial charge in [-0.1, -0.05) is 0 Å². The molecule has 0 saturated heterocycles. The zero-order valence-corrected chi connectivity index (χ0v) is 10.2. The maximum absolute atomic E-state index is 11.6. The Morgan fingerprint density at radius 2 is 2.17 bits per heavy atom. The van der Waals surface area contributed by atoms with E-state index in [0.717, 1.165) is 0 Å². The summed E-state index contributed by atoms with van der Waals surface area (Å²) in [6, 6.07) is 2.73. The normalized spacial score (nSPS) is 9.83. The van der Waals surface area contributed by atoms with Crippen LogP contribution in [0.1, 0.15) is 30.1 Å². The van der Waals surface area contributed by atoms with E-state index in [-0.39, 0.29) is 23.9 Å². The summed E-state index contributed by atoms with van der Waals surface area (Å²) in [6.07, 6.45) is 2.15. The van der Waals surface area contributed by atoms with Gasteiger partial charge in [0, 0.05) is 25.2 Å². The molecule has 0 radical (unpaired) electrons. The quantitative estimate of drug-likeness (QED) is 0.568. The number of ether oxygens (including phenoxy) is 1.